The van der Waals surface area contributed by atoms with Crippen molar-refractivity contribution in [3.63, 3.8) is 0 Å². The molecule has 0 fully saturated rings. The van der Waals surface area contributed by atoms with Crippen molar-refractivity contribution in [2.45, 2.75) is 26.1 Å². The number of nitrogens with zero attached hydrogens (tertiary/aromatic N) is 2. The number of carbonyl (C=O) groups is 1. The van der Waals surface area contributed by atoms with E-state index in [4.69, 9.17) is 9.47 Å². The van der Waals surface area contributed by atoms with Crippen molar-refractivity contribution in [2.75, 3.05) is 20.8 Å². The number of rotatable bonds is 7. The molecule has 0 unspecified atom stereocenters. The van der Waals surface area contributed by atoms with Crippen molar-refractivity contribution in [2.24, 2.45) is 7.05 Å². The Morgan fingerprint density at radius 1 is 1.00 bits per heavy atom. The fourth-order valence-corrected chi connectivity index (χ4v) is 4.19. The Hall–Kier alpha value is -3.25. The molecule has 1 aliphatic heterocycles. The highest BCUT2D eigenvalue weighted by atomic mass is 16.5. The van der Waals surface area contributed by atoms with Gasteiger partial charge < -0.3 is 19.4 Å². The first-order valence-electron chi connectivity index (χ1n) is 10.5. The van der Waals surface area contributed by atoms with Gasteiger partial charge in [-0.25, -0.2) is 0 Å². The second-order valence-electron chi connectivity index (χ2n) is 7.91. The summed E-state index contributed by atoms with van der Waals surface area (Å²) in [5.74, 6) is 1.61. The number of fused-ring (bicyclic) bond motifs is 1. The number of aromatic nitrogens is 1. The highest BCUT2D eigenvalue weighted by molar-refractivity contribution is 5.93. The van der Waals surface area contributed by atoms with E-state index in [0.29, 0.717) is 12.2 Å². The third-order valence-corrected chi connectivity index (χ3v) is 5.87. The molecule has 3 aromatic rings. The highest BCUT2D eigenvalue weighted by Crippen LogP contribution is 2.25. The Morgan fingerprint density at radius 2 is 1.68 bits per heavy atom. The van der Waals surface area contributed by atoms with Crippen molar-refractivity contribution in [3.05, 3.63) is 82.7 Å². The molecule has 1 N–H and O–H groups in total. The van der Waals surface area contributed by atoms with Crippen molar-refractivity contribution in [1.82, 2.24) is 14.8 Å². The smallest absolute Gasteiger partial charge is 0.268 e. The standard InChI is InChI=1S/C25H29N3O3/c1-27-23-10-11-28(16-19-7-5-9-22(13-19)31-3)17-20(23)14-24(27)25(29)26-15-18-6-4-8-21(12-18)30-2/h4-9,12-14H,10-11,15-17H2,1-3H3,(H,26,29). The zero-order valence-corrected chi connectivity index (χ0v) is 18.4. The van der Waals surface area contributed by atoms with Crippen LogP contribution < -0.4 is 14.8 Å². The van der Waals surface area contributed by atoms with Gasteiger partial charge in [0.05, 0.1) is 14.2 Å². The van der Waals surface area contributed by atoms with Crippen LogP contribution >= 0.6 is 0 Å². The Balaban J connectivity index is 1.42. The monoisotopic (exact) mass is 419 g/mol. The van der Waals surface area contributed by atoms with Crippen molar-refractivity contribution >= 4 is 5.91 Å². The van der Waals surface area contributed by atoms with Crippen LogP contribution in [0.1, 0.15) is 32.9 Å². The molecule has 0 aliphatic carbocycles. The summed E-state index contributed by atoms with van der Waals surface area (Å²) in [6.45, 7) is 3.13. The van der Waals surface area contributed by atoms with E-state index in [9.17, 15) is 4.79 Å². The molecule has 6 heteroatoms. The van der Waals surface area contributed by atoms with Gasteiger partial charge in [-0.3, -0.25) is 9.69 Å². The van der Waals surface area contributed by atoms with Gasteiger partial charge in [-0.15, -0.1) is 0 Å². The van der Waals surface area contributed by atoms with Gasteiger partial charge in [-0.1, -0.05) is 24.3 Å². The van der Waals surface area contributed by atoms with Crippen LogP contribution in [0.4, 0.5) is 0 Å². The minimum absolute atomic E-state index is 0.0564. The zero-order chi connectivity index (χ0) is 21.8. The summed E-state index contributed by atoms with van der Waals surface area (Å²) in [6, 6.07) is 18.0. The molecule has 1 amide bonds. The van der Waals surface area contributed by atoms with Gasteiger partial charge in [0.2, 0.25) is 0 Å². The van der Waals surface area contributed by atoms with E-state index in [1.165, 1.54) is 16.8 Å². The van der Waals surface area contributed by atoms with Gasteiger partial charge in [0.1, 0.15) is 17.2 Å². The molecular weight excluding hydrogens is 390 g/mol. The normalized spacial score (nSPS) is 13.5. The van der Waals surface area contributed by atoms with Crippen LogP contribution in [0.25, 0.3) is 0 Å². The average molecular weight is 420 g/mol. The van der Waals surface area contributed by atoms with Crippen LogP contribution in [0.15, 0.2) is 54.6 Å². The van der Waals surface area contributed by atoms with Crippen LogP contribution in [0.2, 0.25) is 0 Å². The minimum atomic E-state index is -0.0564. The van der Waals surface area contributed by atoms with Crippen LogP contribution in [0, 0.1) is 0 Å². The van der Waals surface area contributed by atoms with Gasteiger partial charge in [-0.05, 0) is 47.0 Å². The molecule has 2 aromatic carbocycles. The number of carbonyl (C=O) groups excluding carboxylic acids is 1. The molecule has 0 saturated carbocycles. The van der Waals surface area contributed by atoms with Gasteiger partial charge in [0.15, 0.2) is 0 Å². The Kier molecular flexibility index (Phi) is 6.28. The molecule has 0 radical (unpaired) electrons. The van der Waals surface area contributed by atoms with E-state index in [1.807, 2.05) is 54.1 Å². The fraction of sp³-hybridized carbons (Fsp3) is 0.320. The second-order valence-corrected chi connectivity index (χ2v) is 7.91. The van der Waals surface area contributed by atoms with Gasteiger partial charge >= 0.3 is 0 Å². The van der Waals surface area contributed by atoms with E-state index < -0.39 is 0 Å². The van der Waals surface area contributed by atoms with Gasteiger partial charge in [-0.2, -0.15) is 0 Å². The molecule has 0 bridgehead atoms. The lowest BCUT2D eigenvalue weighted by molar-refractivity contribution is 0.0942. The van der Waals surface area contributed by atoms with Crippen molar-refractivity contribution in [3.8, 4) is 11.5 Å². The maximum absolute atomic E-state index is 12.9. The van der Waals surface area contributed by atoms with Crippen LogP contribution in [-0.4, -0.2) is 36.1 Å². The number of hydrogen-bond acceptors (Lipinski definition) is 4. The molecule has 0 atom stereocenters. The van der Waals surface area contributed by atoms with Crippen molar-refractivity contribution in [1.29, 1.82) is 0 Å². The topological polar surface area (TPSA) is 55.7 Å². The van der Waals surface area contributed by atoms with Crippen LogP contribution in [0.3, 0.4) is 0 Å². The first kappa shape index (κ1) is 21.0. The molecule has 0 spiro atoms. The summed E-state index contributed by atoms with van der Waals surface area (Å²) in [5, 5.41) is 3.04. The number of amides is 1. The van der Waals surface area contributed by atoms with Gasteiger partial charge in [0.25, 0.3) is 5.91 Å². The van der Waals surface area contributed by atoms with Crippen LogP contribution in [0.5, 0.6) is 11.5 Å². The number of benzene rings is 2. The highest BCUT2D eigenvalue weighted by Gasteiger charge is 2.23. The molecule has 0 saturated heterocycles. The number of methoxy groups -OCH3 is 2. The summed E-state index contributed by atoms with van der Waals surface area (Å²) >= 11 is 0. The molecular formula is C25H29N3O3. The number of hydrogen-bond donors (Lipinski definition) is 1. The third kappa shape index (κ3) is 4.75. The third-order valence-electron chi connectivity index (χ3n) is 5.87. The molecule has 2 heterocycles. The predicted molar refractivity (Wildman–Crippen MR) is 120 cm³/mol. The summed E-state index contributed by atoms with van der Waals surface area (Å²) in [6.07, 6.45) is 0.930. The number of ether oxygens (including phenoxy) is 2. The molecule has 6 nitrogen and oxygen atoms in total. The second kappa shape index (κ2) is 9.27. The van der Waals surface area contributed by atoms with E-state index >= 15 is 0 Å². The molecule has 1 aromatic heterocycles. The van der Waals surface area contributed by atoms with Crippen LogP contribution in [-0.2, 0) is 33.1 Å². The summed E-state index contributed by atoms with van der Waals surface area (Å²) in [5.41, 5.74) is 5.42. The fourth-order valence-electron chi connectivity index (χ4n) is 4.19. The predicted octanol–water partition coefficient (Wildman–Crippen LogP) is 3.53. The lowest BCUT2D eigenvalue weighted by Gasteiger charge is -2.27. The summed E-state index contributed by atoms with van der Waals surface area (Å²) in [4.78, 5) is 15.3. The molecule has 162 valence electrons. The Morgan fingerprint density at radius 3 is 2.39 bits per heavy atom. The quantitative estimate of drug-likeness (QED) is 0.637. The molecule has 4 rings (SSSR count). The maximum atomic E-state index is 12.9. The minimum Gasteiger partial charge on any atom is -0.497 e. The Bertz CT molecular complexity index is 1070. The Labute approximate surface area is 183 Å². The van der Waals surface area contributed by atoms with Gasteiger partial charge in [0, 0.05) is 45.3 Å². The van der Waals surface area contributed by atoms with E-state index in [2.05, 4.69) is 22.3 Å². The van der Waals surface area contributed by atoms with Crippen molar-refractivity contribution < 1.29 is 14.3 Å². The zero-order valence-electron chi connectivity index (χ0n) is 18.4. The maximum Gasteiger partial charge on any atom is 0.268 e. The summed E-state index contributed by atoms with van der Waals surface area (Å²) in [7, 11) is 5.32. The summed E-state index contributed by atoms with van der Waals surface area (Å²) < 4.78 is 12.6. The van der Waals surface area contributed by atoms with E-state index in [0.717, 1.165) is 43.1 Å². The lowest BCUT2D eigenvalue weighted by atomic mass is 10.1. The first-order valence-corrected chi connectivity index (χ1v) is 10.5. The van der Waals surface area contributed by atoms with E-state index in [1.54, 1.807) is 14.2 Å². The SMILES string of the molecule is COc1cccc(CNC(=O)c2cc3c(n2C)CCN(Cc2cccc(OC)c2)C3)c1. The first-order chi connectivity index (χ1) is 15.1. The average Bonchev–Trinajstić information content (AvgIpc) is 3.13. The molecule has 31 heavy (non-hydrogen) atoms. The van der Waals surface area contributed by atoms with E-state index in [-0.39, 0.29) is 5.91 Å². The largest absolute Gasteiger partial charge is 0.497 e. The number of nitrogens with one attached hydrogen (secondary N) is 1. The molecule has 1 aliphatic rings. The lowest BCUT2D eigenvalue weighted by Crippen LogP contribution is -2.30.